The van der Waals surface area contributed by atoms with Gasteiger partial charge in [0.1, 0.15) is 17.7 Å². The van der Waals surface area contributed by atoms with Crippen LogP contribution in [0.25, 0.3) is 22.1 Å². The summed E-state index contributed by atoms with van der Waals surface area (Å²) < 4.78 is 0. The smallest absolute Gasteiger partial charge is 0.182 e. The Morgan fingerprint density at radius 3 is 2.93 bits per heavy atom. The molecular weight excluding hydrogens is 352 g/mol. The van der Waals surface area contributed by atoms with Gasteiger partial charge in [0, 0.05) is 43.7 Å². The van der Waals surface area contributed by atoms with Crippen molar-refractivity contribution < 1.29 is 0 Å². The summed E-state index contributed by atoms with van der Waals surface area (Å²) in [5, 5.41) is 8.02. The molecule has 0 spiro atoms. The van der Waals surface area contributed by atoms with Crippen molar-refractivity contribution in [2.45, 2.75) is 13.5 Å². The van der Waals surface area contributed by atoms with Crippen molar-refractivity contribution in [1.29, 1.82) is 0 Å². The number of hydrogen-bond acceptors (Lipinski definition) is 7. The Labute approximate surface area is 162 Å². The molecule has 1 saturated heterocycles. The number of nitrogens with zero attached hydrogens (tertiary/aromatic N) is 5. The minimum absolute atomic E-state index is 0.626. The molecule has 3 aromatic heterocycles. The lowest BCUT2D eigenvalue weighted by Crippen LogP contribution is -2.44. The number of anilines is 2. The molecule has 1 aliphatic rings. The number of fused-ring (bicyclic) bond motifs is 2. The van der Waals surface area contributed by atoms with E-state index in [1.807, 2.05) is 0 Å². The second-order valence-corrected chi connectivity index (χ2v) is 7.03. The Bertz CT molecular complexity index is 1130. The van der Waals surface area contributed by atoms with Crippen LogP contribution in [-0.4, -0.2) is 51.1 Å². The quantitative estimate of drug-likeness (QED) is 0.504. The first-order chi connectivity index (χ1) is 13.8. The molecule has 0 radical (unpaired) electrons. The maximum atomic E-state index is 5.07. The number of piperazine rings is 1. The number of pyridine rings is 1. The molecular formula is C20H22N8. The number of aromatic amines is 1. The van der Waals surface area contributed by atoms with Crippen LogP contribution < -0.4 is 15.5 Å². The number of imidazole rings is 1. The van der Waals surface area contributed by atoms with Crippen LogP contribution in [0.1, 0.15) is 11.1 Å². The van der Waals surface area contributed by atoms with E-state index in [-0.39, 0.29) is 0 Å². The van der Waals surface area contributed by atoms with Crippen LogP contribution >= 0.6 is 0 Å². The normalized spacial score (nSPS) is 14.7. The second kappa shape index (κ2) is 7.05. The summed E-state index contributed by atoms with van der Waals surface area (Å²) in [7, 11) is 0. The lowest BCUT2D eigenvalue weighted by Gasteiger charge is -2.30. The van der Waals surface area contributed by atoms with E-state index < -0.39 is 0 Å². The van der Waals surface area contributed by atoms with Gasteiger partial charge in [-0.2, -0.15) is 0 Å². The van der Waals surface area contributed by atoms with Gasteiger partial charge in [-0.3, -0.25) is 0 Å². The Morgan fingerprint density at radius 2 is 2.04 bits per heavy atom. The van der Waals surface area contributed by atoms with Crippen LogP contribution in [0.5, 0.6) is 0 Å². The lowest BCUT2D eigenvalue weighted by molar-refractivity contribution is 0.584. The second-order valence-electron chi connectivity index (χ2n) is 7.03. The van der Waals surface area contributed by atoms with Crippen molar-refractivity contribution in [3.05, 3.63) is 48.0 Å². The number of hydrogen-bond donors (Lipinski definition) is 3. The van der Waals surface area contributed by atoms with Crippen molar-refractivity contribution in [3.63, 3.8) is 0 Å². The highest BCUT2D eigenvalue weighted by molar-refractivity contribution is 5.85. The first kappa shape index (κ1) is 16.9. The fourth-order valence-electron chi connectivity index (χ4n) is 3.74. The Kier molecular flexibility index (Phi) is 4.25. The molecule has 0 unspecified atom stereocenters. The number of para-hydroxylation sites is 1. The monoisotopic (exact) mass is 374 g/mol. The van der Waals surface area contributed by atoms with E-state index in [2.05, 4.69) is 66.7 Å². The number of rotatable bonds is 4. The summed E-state index contributed by atoms with van der Waals surface area (Å²) in [5.41, 5.74) is 4.90. The summed E-state index contributed by atoms with van der Waals surface area (Å²) in [5.74, 6) is 1.80. The van der Waals surface area contributed by atoms with Gasteiger partial charge in [-0.1, -0.05) is 18.2 Å². The van der Waals surface area contributed by atoms with Crippen LogP contribution in [-0.2, 0) is 6.54 Å². The van der Waals surface area contributed by atoms with Crippen LogP contribution in [0, 0.1) is 6.92 Å². The fourth-order valence-corrected chi connectivity index (χ4v) is 3.74. The molecule has 3 N–H and O–H groups in total. The molecule has 0 bridgehead atoms. The molecule has 5 rings (SSSR count). The van der Waals surface area contributed by atoms with Gasteiger partial charge < -0.3 is 20.5 Å². The number of aromatic nitrogens is 5. The summed E-state index contributed by atoms with van der Waals surface area (Å²) in [6.45, 7) is 6.60. The molecule has 1 aromatic carbocycles. The maximum absolute atomic E-state index is 5.07. The molecule has 28 heavy (non-hydrogen) atoms. The van der Waals surface area contributed by atoms with E-state index in [0.717, 1.165) is 59.8 Å². The summed E-state index contributed by atoms with van der Waals surface area (Å²) in [4.78, 5) is 23.3. The number of H-pyrrole nitrogens is 1. The van der Waals surface area contributed by atoms with E-state index in [1.54, 1.807) is 6.33 Å². The average Bonchev–Trinajstić information content (AvgIpc) is 3.22. The minimum atomic E-state index is 0.626. The lowest BCUT2D eigenvalue weighted by atomic mass is 10.1. The zero-order valence-corrected chi connectivity index (χ0v) is 15.7. The molecule has 0 saturated carbocycles. The number of aryl methyl sites for hydroxylation is 1. The first-order valence-electron chi connectivity index (χ1n) is 9.52. The maximum Gasteiger partial charge on any atom is 0.182 e. The van der Waals surface area contributed by atoms with Gasteiger partial charge in [-0.15, -0.1) is 0 Å². The largest absolute Gasteiger partial charge is 0.364 e. The topological polar surface area (TPSA) is 94.7 Å². The van der Waals surface area contributed by atoms with Gasteiger partial charge in [0.2, 0.25) is 0 Å². The highest BCUT2D eigenvalue weighted by Gasteiger charge is 2.18. The molecule has 142 valence electrons. The summed E-state index contributed by atoms with van der Waals surface area (Å²) >= 11 is 0. The molecule has 0 aliphatic carbocycles. The van der Waals surface area contributed by atoms with Crippen molar-refractivity contribution in [2.24, 2.45) is 0 Å². The van der Waals surface area contributed by atoms with Crippen LogP contribution in [0.15, 0.2) is 36.9 Å². The van der Waals surface area contributed by atoms with Crippen LogP contribution in [0.2, 0.25) is 0 Å². The Balaban J connectivity index is 1.54. The predicted octanol–water partition coefficient (Wildman–Crippen LogP) is 2.23. The van der Waals surface area contributed by atoms with Gasteiger partial charge in [0.05, 0.1) is 11.8 Å². The molecule has 4 aromatic rings. The molecule has 0 atom stereocenters. The van der Waals surface area contributed by atoms with Gasteiger partial charge in [0.15, 0.2) is 11.5 Å². The number of benzene rings is 1. The number of nitrogens with one attached hydrogen (secondary N) is 3. The third kappa shape index (κ3) is 3.01. The summed E-state index contributed by atoms with van der Waals surface area (Å²) in [6.07, 6.45) is 3.17. The molecule has 8 heteroatoms. The third-order valence-electron chi connectivity index (χ3n) is 5.19. The average molecular weight is 374 g/mol. The van der Waals surface area contributed by atoms with Crippen LogP contribution in [0.4, 0.5) is 11.6 Å². The highest BCUT2D eigenvalue weighted by atomic mass is 15.2. The molecule has 1 aliphatic heterocycles. The molecule has 8 nitrogen and oxygen atoms in total. The molecule has 4 heterocycles. The van der Waals surface area contributed by atoms with Crippen LogP contribution in [0.3, 0.4) is 0 Å². The standard InChI is InChI=1S/C20H22N8/c1-13-3-2-4-14-9-15(20(27-16(13)14)28-7-5-21-6-8-28)10-22-18-17-19(24-11-23-17)26-12-25-18/h2-4,9,11-12,21H,5-8,10H2,1H3,(H2,22,23,24,25,26). The van der Waals surface area contributed by atoms with E-state index in [4.69, 9.17) is 4.98 Å². The van der Waals surface area contributed by atoms with Gasteiger partial charge >= 0.3 is 0 Å². The zero-order chi connectivity index (χ0) is 18.9. The third-order valence-corrected chi connectivity index (χ3v) is 5.19. The van der Waals surface area contributed by atoms with Crippen molar-refractivity contribution in [2.75, 3.05) is 36.4 Å². The Morgan fingerprint density at radius 1 is 1.14 bits per heavy atom. The van der Waals surface area contributed by atoms with E-state index in [1.165, 1.54) is 11.9 Å². The van der Waals surface area contributed by atoms with Crippen molar-refractivity contribution in [1.82, 2.24) is 30.2 Å². The van der Waals surface area contributed by atoms with E-state index in [9.17, 15) is 0 Å². The fraction of sp³-hybridized carbons (Fsp3) is 0.300. The van der Waals surface area contributed by atoms with Crippen molar-refractivity contribution in [3.8, 4) is 0 Å². The van der Waals surface area contributed by atoms with Crippen molar-refractivity contribution >= 4 is 33.7 Å². The molecule has 0 amide bonds. The van der Waals surface area contributed by atoms with E-state index in [0.29, 0.717) is 12.2 Å². The van der Waals surface area contributed by atoms with Gasteiger partial charge in [-0.05, 0) is 18.6 Å². The van der Waals surface area contributed by atoms with E-state index >= 15 is 0 Å². The Hall–Kier alpha value is -3.26. The first-order valence-corrected chi connectivity index (χ1v) is 9.52. The minimum Gasteiger partial charge on any atom is -0.364 e. The van der Waals surface area contributed by atoms with Gasteiger partial charge in [-0.25, -0.2) is 19.9 Å². The SMILES string of the molecule is Cc1cccc2cc(CNc3ncnc4nc[nH]c34)c(N3CCNCC3)nc12. The zero-order valence-electron chi connectivity index (χ0n) is 15.7. The van der Waals surface area contributed by atoms with Gasteiger partial charge in [0.25, 0.3) is 0 Å². The summed E-state index contributed by atoms with van der Waals surface area (Å²) in [6, 6.07) is 8.56. The highest BCUT2D eigenvalue weighted by Crippen LogP contribution is 2.27. The predicted molar refractivity (Wildman–Crippen MR) is 111 cm³/mol. The molecule has 1 fully saturated rings.